The van der Waals surface area contributed by atoms with E-state index in [1.165, 1.54) is 33.3 Å². The van der Waals surface area contributed by atoms with Crippen LogP contribution in [0.25, 0.3) is 0 Å². The van der Waals surface area contributed by atoms with Crippen molar-refractivity contribution < 1.29 is 65.3 Å². The molecule has 438 valence electrons. The van der Waals surface area contributed by atoms with Gasteiger partial charge in [0.2, 0.25) is 23.6 Å². The summed E-state index contributed by atoms with van der Waals surface area (Å²) in [4.78, 5) is 99.8. The van der Waals surface area contributed by atoms with E-state index in [0.717, 1.165) is 34.7 Å². The summed E-state index contributed by atoms with van der Waals surface area (Å²) in [5, 5.41) is 11.0. The molecule has 0 aromatic heterocycles. The van der Waals surface area contributed by atoms with Crippen LogP contribution in [0.5, 0.6) is 11.5 Å². The number of benzene rings is 3. The summed E-state index contributed by atoms with van der Waals surface area (Å²) < 4.78 is 72.2. The van der Waals surface area contributed by atoms with Crippen LogP contribution in [0.15, 0.2) is 66.7 Å². The second-order valence-electron chi connectivity index (χ2n) is 22.9. The quantitative estimate of drug-likeness (QED) is 0.130. The first-order chi connectivity index (χ1) is 37.6. The van der Waals surface area contributed by atoms with Crippen molar-refractivity contribution in [3.63, 3.8) is 0 Å². The molecule has 0 spiro atoms. The van der Waals surface area contributed by atoms with Crippen molar-refractivity contribution in [3.05, 3.63) is 95.6 Å². The van der Waals surface area contributed by atoms with E-state index in [1.54, 1.807) is 26.5 Å². The molecule has 0 unspecified atom stereocenters. The summed E-state index contributed by atoms with van der Waals surface area (Å²) in [6, 6.07) is 10.3. The normalized spacial score (nSPS) is 21.9. The number of carbonyl (C=O) groups excluding carboxylic acids is 7. The Balaban J connectivity index is 0.000000266. The van der Waals surface area contributed by atoms with Gasteiger partial charge < -0.3 is 55.1 Å². The summed E-state index contributed by atoms with van der Waals surface area (Å²) in [6.07, 6.45) is -0.448. The SMILES string of the molecule is CC[C@@H](C)C(=O)N[C@H](C(=O)N1CC[C@@H]2[C@H]1[C@@H](Oc1ccc(F)c(F)c1)CN2C(=O)NC)C(C)(C)C.CNC(=O)N1C[C@H](Oc2ccc(F)c(F)c2)[C@@H]2[C@H]1CCN2C(=O)[C@@H](NC(=O)[C@H](C)N(C)C(=O)OCc1ccccc1)C(C)(C)C. The van der Waals surface area contributed by atoms with E-state index in [4.69, 9.17) is 14.2 Å². The lowest BCUT2D eigenvalue weighted by Gasteiger charge is -2.37. The summed E-state index contributed by atoms with van der Waals surface area (Å²) in [5.41, 5.74) is -0.507. The first-order valence-corrected chi connectivity index (χ1v) is 27.0. The van der Waals surface area contributed by atoms with Gasteiger partial charge in [-0.25, -0.2) is 31.9 Å². The number of ether oxygens (including phenoxy) is 3. The topological polar surface area (TPSA) is 212 Å². The van der Waals surface area contributed by atoms with E-state index < -0.39 is 94.6 Å². The average Bonchev–Trinajstić information content (AvgIpc) is 4.35. The number of likely N-dealkylation sites (tertiary alicyclic amines) is 4. The van der Waals surface area contributed by atoms with Gasteiger partial charge in [0.15, 0.2) is 23.3 Å². The molecule has 4 N–H and O–H groups in total. The Morgan fingerprint density at radius 3 is 1.44 bits per heavy atom. The van der Waals surface area contributed by atoms with Crippen LogP contribution in [0.1, 0.15) is 87.1 Å². The molecule has 7 rings (SSSR count). The molecule has 19 nitrogen and oxygen atoms in total. The van der Waals surface area contributed by atoms with Crippen LogP contribution in [0.3, 0.4) is 0 Å². The van der Waals surface area contributed by atoms with Crippen molar-refractivity contribution in [3.8, 4) is 11.5 Å². The second kappa shape index (κ2) is 25.9. The minimum absolute atomic E-state index is 0.0415. The number of halogens is 4. The first kappa shape index (κ1) is 61.9. The molecule has 0 bridgehead atoms. The lowest BCUT2D eigenvalue weighted by atomic mass is 9.85. The highest BCUT2D eigenvalue weighted by atomic mass is 19.2. The maximum absolute atomic E-state index is 14.2. The van der Waals surface area contributed by atoms with Crippen LogP contribution < -0.4 is 30.7 Å². The highest BCUT2D eigenvalue weighted by Gasteiger charge is 2.56. The van der Waals surface area contributed by atoms with Crippen LogP contribution >= 0.6 is 0 Å². The third-order valence-electron chi connectivity index (χ3n) is 15.3. The monoisotopic (exact) mass is 1120 g/mol. The van der Waals surface area contributed by atoms with Gasteiger partial charge in [-0.1, -0.05) is 85.7 Å². The average molecular weight is 1120 g/mol. The predicted octanol–water partition coefficient (Wildman–Crippen LogP) is 6.44. The third kappa shape index (κ3) is 14.2. The van der Waals surface area contributed by atoms with E-state index in [2.05, 4.69) is 21.3 Å². The molecule has 4 fully saturated rings. The van der Waals surface area contributed by atoms with Gasteiger partial charge in [-0.3, -0.25) is 24.1 Å². The Kier molecular flexibility index (Phi) is 20.0. The lowest BCUT2D eigenvalue weighted by molar-refractivity contribution is -0.142. The summed E-state index contributed by atoms with van der Waals surface area (Å²) in [5.74, 6) is -5.57. The van der Waals surface area contributed by atoms with Gasteiger partial charge in [0.05, 0.1) is 37.3 Å². The molecule has 10 atom stereocenters. The fourth-order valence-electron chi connectivity index (χ4n) is 10.5. The largest absolute Gasteiger partial charge is 0.486 e. The maximum atomic E-state index is 14.2. The fraction of sp³-hybridized carbons (Fsp3) is 0.561. The molecular weight excluding hydrogens is 1050 g/mol. The standard InChI is InChI=1S/C32H41F2N5O6.C25H36F2N4O4/c1-19(37(6)31(43)44-18-20-10-8-7-9-11-20)28(40)36-27(32(2,3)4)29(41)38-15-14-24-26(38)25(17-39(24)30(42)35-5)45-21-12-13-22(33)23(34)16-21;1-7-14(2)22(32)29-21(25(3,4)5)23(33)30-11-10-18-20(30)19(13-31(18)24(34)28-6)35-15-8-9-16(26)17(27)12-15/h7-13,16,19,24-27H,14-15,17-18H2,1-6H3,(H,35,42)(H,36,40);8-9,12,14,18-21H,7,10-11,13H2,1-6H3,(H,28,34)(H,29,32)/t19-,24+,25-,26-,27+;14-,18-,19+,20+,21-/m01/s1. The molecule has 80 heavy (non-hydrogen) atoms. The van der Waals surface area contributed by atoms with Crippen LogP contribution in [-0.2, 0) is 30.5 Å². The number of nitrogens with one attached hydrogen (secondary N) is 4. The smallest absolute Gasteiger partial charge is 0.410 e. The zero-order valence-electron chi connectivity index (χ0n) is 47.6. The highest BCUT2D eigenvalue weighted by Crippen LogP contribution is 2.38. The number of amides is 9. The molecule has 3 aromatic carbocycles. The van der Waals surface area contributed by atoms with Crippen molar-refractivity contribution in [1.82, 2.24) is 45.8 Å². The Morgan fingerprint density at radius 2 is 1.05 bits per heavy atom. The predicted molar refractivity (Wildman–Crippen MR) is 288 cm³/mol. The van der Waals surface area contributed by atoms with Crippen LogP contribution in [0.2, 0.25) is 0 Å². The molecule has 0 saturated carbocycles. The number of rotatable bonds is 14. The number of urea groups is 2. The molecule has 4 aliphatic rings. The van der Waals surface area contributed by atoms with Crippen LogP contribution in [0.4, 0.5) is 31.9 Å². The van der Waals surface area contributed by atoms with Gasteiger partial charge >= 0.3 is 18.2 Å². The summed E-state index contributed by atoms with van der Waals surface area (Å²) in [6.45, 7) is 17.4. The van der Waals surface area contributed by atoms with Crippen molar-refractivity contribution in [1.29, 1.82) is 0 Å². The van der Waals surface area contributed by atoms with Crippen molar-refractivity contribution in [2.24, 2.45) is 16.7 Å². The third-order valence-corrected chi connectivity index (χ3v) is 15.3. The molecule has 0 aliphatic carbocycles. The minimum atomic E-state index is -1.08. The van der Waals surface area contributed by atoms with Gasteiger partial charge in [0, 0.05) is 52.3 Å². The van der Waals surface area contributed by atoms with Gasteiger partial charge in [0.1, 0.15) is 48.4 Å². The van der Waals surface area contributed by atoms with Gasteiger partial charge in [-0.15, -0.1) is 0 Å². The Hall–Kier alpha value is -7.33. The zero-order valence-corrected chi connectivity index (χ0v) is 47.6. The number of likely N-dealkylation sites (N-methyl/N-ethyl adjacent to an activating group) is 1. The van der Waals surface area contributed by atoms with E-state index >= 15 is 0 Å². The number of nitrogens with zero attached hydrogens (tertiary/aromatic N) is 5. The molecule has 0 radical (unpaired) electrons. The highest BCUT2D eigenvalue weighted by molar-refractivity contribution is 5.92. The number of fused-ring (bicyclic) bond motifs is 2. The van der Waals surface area contributed by atoms with Crippen molar-refractivity contribution in [2.75, 3.05) is 47.3 Å². The van der Waals surface area contributed by atoms with Gasteiger partial charge in [-0.05, 0) is 66.8 Å². The Morgan fingerprint density at radius 1 is 0.625 bits per heavy atom. The molecule has 3 aromatic rings. The van der Waals surface area contributed by atoms with E-state index in [0.29, 0.717) is 25.8 Å². The van der Waals surface area contributed by atoms with Crippen molar-refractivity contribution >= 4 is 41.8 Å². The van der Waals surface area contributed by atoms with Gasteiger partial charge in [0.25, 0.3) is 0 Å². The lowest BCUT2D eigenvalue weighted by Crippen LogP contribution is -2.60. The molecule has 23 heteroatoms. The van der Waals surface area contributed by atoms with Crippen molar-refractivity contribution in [2.45, 2.75) is 143 Å². The van der Waals surface area contributed by atoms with Crippen LogP contribution in [0, 0.1) is 40.0 Å². The fourth-order valence-corrected chi connectivity index (χ4v) is 10.5. The van der Waals surface area contributed by atoms with E-state index in [1.807, 2.05) is 85.7 Å². The van der Waals surface area contributed by atoms with Crippen LogP contribution in [-0.4, -0.2) is 168 Å². The molecule has 4 heterocycles. The zero-order chi connectivity index (χ0) is 59.1. The Bertz CT molecular complexity index is 2730. The summed E-state index contributed by atoms with van der Waals surface area (Å²) >= 11 is 0. The van der Waals surface area contributed by atoms with Gasteiger partial charge in [-0.2, -0.15) is 0 Å². The Labute approximate surface area is 465 Å². The molecular formula is C57H77F4N9O10. The van der Waals surface area contributed by atoms with E-state index in [9.17, 15) is 51.1 Å². The first-order valence-electron chi connectivity index (χ1n) is 27.0. The molecule has 4 saturated heterocycles. The second-order valence-corrected chi connectivity index (χ2v) is 22.9. The number of hydrogen-bond donors (Lipinski definition) is 4. The number of carbonyl (C=O) groups is 7. The minimum Gasteiger partial charge on any atom is -0.486 e. The number of hydrogen-bond acceptors (Lipinski definition) is 10. The van der Waals surface area contributed by atoms with E-state index in [-0.39, 0.29) is 79.5 Å². The maximum Gasteiger partial charge on any atom is 0.410 e. The summed E-state index contributed by atoms with van der Waals surface area (Å²) in [7, 11) is 4.47. The molecule has 9 amide bonds. The molecule has 4 aliphatic heterocycles.